The average Bonchev–Trinajstić information content (AvgIpc) is 3.21. The van der Waals surface area contributed by atoms with E-state index in [0.717, 1.165) is 54.8 Å². The summed E-state index contributed by atoms with van der Waals surface area (Å²) in [7, 11) is 0. The van der Waals surface area contributed by atoms with E-state index in [1.165, 1.54) is 51.4 Å². The van der Waals surface area contributed by atoms with Crippen LogP contribution in [0.5, 0.6) is 0 Å². The Balaban J connectivity index is 1.22. The van der Waals surface area contributed by atoms with Crippen LogP contribution in [0.2, 0.25) is 5.02 Å². The second-order valence-electron chi connectivity index (χ2n) is 14.2. The predicted molar refractivity (Wildman–Crippen MR) is 158 cm³/mol. The first-order chi connectivity index (χ1) is 18.1. The van der Waals surface area contributed by atoms with Gasteiger partial charge in [-0.15, -0.1) is 0 Å². The van der Waals surface area contributed by atoms with Gasteiger partial charge in [0.25, 0.3) is 0 Å². The zero-order valence-electron chi connectivity index (χ0n) is 24.4. The van der Waals surface area contributed by atoms with Gasteiger partial charge in [-0.05, 0) is 109 Å². The summed E-state index contributed by atoms with van der Waals surface area (Å²) >= 11 is 6.06. The number of amides is 1. The molecule has 1 aromatic carbocycles. The van der Waals surface area contributed by atoms with Crippen molar-refractivity contribution in [3.8, 4) is 0 Å². The van der Waals surface area contributed by atoms with Crippen LogP contribution >= 0.6 is 11.6 Å². The third-order valence-corrected chi connectivity index (χ3v) is 11.8. The third-order valence-electron chi connectivity index (χ3n) is 11.6. The molecule has 210 valence electrons. The minimum atomic E-state index is -0.372. The topological polar surface area (TPSA) is 38.3 Å². The molecule has 0 saturated heterocycles. The summed E-state index contributed by atoms with van der Waals surface area (Å²) in [5, 5.41) is 3.46. The molecule has 3 nitrogen and oxygen atoms in total. The molecule has 0 heterocycles. The van der Waals surface area contributed by atoms with E-state index >= 15 is 0 Å². The molecule has 4 aliphatic rings. The van der Waals surface area contributed by atoms with E-state index in [2.05, 4.69) is 46.0 Å². The van der Waals surface area contributed by atoms with Crippen molar-refractivity contribution in [3.05, 3.63) is 40.9 Å². The van der Waals surface area contributed by atoms with E-state index in [-0.39, 0.29) is 17.6 Å². The summed E-state index contributed by atoms with van der Waals surface area (Å²) in [6.07, 6.45) is 16.2. The lowest BCUT2D eigenvalue weighted by Gasteiger charge is -2.58. The second kappa shape index (κ2) is 11.2. The molecule has 0 spiro atoms. The van der Waals surface area contributed by atoms with Crippen LogP contribution in [0.4, 0.5) is 10.5 Å². The quantitative estimate of drug-likeness (QED) is 0.350. The number of fused-ring (bicyclic) bond motifs is 5. The second-order valence-corrected chi connectivity index (χ2v) is 14.6. The van der Waals surface area contributed by atoms with Crippen LogP contribution in [0.15, 0.2) is 35.9 Å². The van der Waals surface area contributed by atoms with Crippen LogP contribution in [-0.2, 0) is 4.74 Å². The molecule has 0 bridgehead atoms. The summed E-state index contributed by atoms with van der Waals surface area (Å²) in [5.74, 6) is 5.09. The first-order valence-electron chi connectivity index (χ1n) is 15.5. The van der Waals surface area contributed by atoms with Crippen molar-refractivity contribution in [2.75, 3.05) is 5.32 Å². The van der Waals surface area contributed by atoms with Crippen LogP contribution in [0.25, 0.3) is 0 Å². The fourth-order valence-electron chi connectivity index (χ4n) is 9.62. The molecule has 8 atom stereocenters. The van der Waals surface area contributed by atoms with E-state index < -0.39 is 0 Å². The summed E-state index contributed by atoms with van der Waals surface area (Å²) in [6, 6.07) is 7.23. The number of hydrogen-bond donors (Lipinski definition) is 1. The van der Waals surface area contributed by atoms with E-state index in [0.29, 0.717) is 16.1 Å². The van der Waals surface area contributed by atoms with Crippen molar-refractivity contribution in [2.24, 2.45) is 46.3 Å². The maximum Gasteiger partial charge on any atom is 0.411 e. The number of carbonyl (C=O) groups is 1. The van der Waals surface area contributed by atoms with Crippen molar-refractivity contribution in [2.45, 2.75) is 111 Å². The molecular weight excluding hydrogens is 490 g/mol. The van der Waals surface area contributed by atoms with Crippen molar-refractivity contribution < 1.29 is 9.53 Å². The summed E-state index contributed by atoms with van der Waals surface area (Å²) in [5.41, 5.74) is 3.04. The normalized spacial score (nSPS) is 37.0. The van der Waals surface area contributed by atoms with Gasteiger partial charge < -0.3 is 4.74 Å². The number of anilines is 1. The van der Waals surface area contributed by atoms with Crippen LogP contribution in [0.3, 0.4) is 0 Å². The van der Waals surface area contributed by atoms with E-state index in [1.54, 1.807) is 17.7 Å². The number of allylic oxidation sites excluding steroid dienone is 1. The summed E-state index contributed by atoms with van der Waals surface area (Å²) in [4.78, 5) is 12.6. The van der Waals surface area contributed by atoms with Gasteiger partial charge in [-0.1, -0.05) is 83.2 Å². The Morgan fingerprint density at radius 3 is 2.66 bits per heavy atom. The van der Waals surface area contributed by atoms with E-state index in [9.17, 15) is 4.79 Å². The van der Waals surface area contributed by atoms with Crippen molar-refractivity contribution >= 4 is 23.4 Å². The average molecular weight is 540 g/mol. The Morgan fingerprint density at radius 2 is 1.89 bits per heavy atom. The molecule has 0 radical (unpaired) electrons. The van der Waals surface area contributed by atoms with Crippen molar-refractivity contribution in [1.82, 2.24) is 0 Å². The van der Waals surface area contributed by atoms with Crippen LogP contribution in [0, 0.1) is 46.3 Å². The van der Waals surface area contributed by atoms with Gasteiger partial charge in [0.05, 0.1) is 0 Å². The Kier molecular flexibility index (Phi) is 8.26. The predicted octanol–water partition coefficient (Wildman–Crippen LogP) is 10.3. The summed E-state index contributed by atoms with van der Waals surface area (Å²) < 4.78 is 5.90. The van der Waals surface area contributed by atoms with Crippen LogP contribution in [0.1, 0.15) is 105 Å². The zero-order chi connectivity index (χ0) is 27.1. The lowest BCUT2D eigenvalue weighted by Crippen LogP contribution is -2.51. The number of hydrogen-bond acceptors (Lipinski definition) is 2. The summed E-state index contributed by atoms with van der Waals surface area (Å²) in [6.45, 7) is 12.5. The van der Waals surface area contributed by atoms with Crippen LogP contribution in [-0.4, -0.2) is 12.2 Å². The molecule has 3 fully saturated rings. The number of benzene rings is 1. The fourth-order valence-corrected chi connectivity index (χ4v) is 9.81. The number of ether oxygens (including phenoxy) is 1. The largest absolute Gasteiger partial charge is 0.446 e. The van der Waals surface area contributed by atoms with Gasteiger partial charge in [0.2, 0.25) is 0 Å². The van der Waals surface area contributed by atoms with Gasteiger partial charge in [-0.3, -0.25) is 5.32 Å². The molecule has 0 aromatic heterocycles. The molecule has 1 N–H and O–H groups in total. The third kappa shape index (κ3) is 5.43. The van der Waals surface area contributed by atoms with Gasteiger partial charge in [0, 0.05) is 17.1 Å². The lowest BCUT2D eigenvalue weighted by atomic mass is 9.47. The van der Waals surface area contributed by atoms with Gasteiger partial charge in [-0.2, -0.15) is 0 Å². The Morgan fingerprint density at radius 1 is 1.08 bits per heavy atom. The highest BCUT2D eigenvalue weighted by atomic mass is 35.5. The molecule has 0 unspecified atom stereocenters. The van der Waals surface area contributed by atoms with Gasteiger partial charge >= 0.3 is 6.09 Å². The van der Waals surface area contributed by atoms with Gasteiger partial charge in [0.15, 0.2) is 0 Å². The Labute approximate surface area is 236 Å². The molecule has 0 aliphatic heterocycles. The van der Waals surface area contributed by atoms with Gasteiger partial charge in [-0.25, -0.2) is 4.79 Å². The number of carbonyl (C=O) groups excluding carboxylic acids is 1. The lowest BCUT2D eigenvalue weighted by molar-refractivity contribution is -0.0577. The van der Waals surface area contributed by atoms with E-state index in [1.807, 2.05) is 12.1 Å². The van der Waals surface area contributed by atoms with E-state index in [4.69, 9.17) is 16.3 Å². The highest BCUT2D eigenvalue weighted by Gasteiger charge is 2.59. The first-order valence-corrected chi connectivity index (χ1v) is 15.9. The number of halogens is 1. The Bertz CT molecular complexity index is 1040. The van der Waals surface area contributed by atoms with Gasteiger partial charge in [0.1, 0.15) is 6.10 Å². The molecule has 1 aromatic rings. The SMILES string of the molecule is CC(C)CCC[C@H](C)[C@H]1CC[C@H]2[C@@H]3CC=C4C[C@@H](OC(=O)Nc5cccc(Cl)c5)CC[C@]4(C)[C@H]3CC[C@]12C. The monoisotopic (exact) mass is 539 g/mol. The zero-order valence-corrected chi connectivity index (χ0v) is 25.2. The molecule has 4 heteroatoms. The van der Waals surface area contributed by atoms with Crippen molar-refractivity contribution in [3.63, 3.8) is 0 Å². The molecule has 5 rings (SSSR count). The highest BCUT2D eigenvalue weighted by Crippen LogP contribution is 2.67. The van der Waals surface area contributed by atoms with Crippen molar-refractivity contribution in [1.29, 1.82) is 0 Å². The molecule has 4 aliphatic carbocycles. The molecule has 1 amide bonds. The minimum absolute atomic E-state index is 0.0403. The number of nitrogens with one attached hydrogen (secondary N) is 1. The first kappa shape index (κ1) is 28.1. The fraction of sp³-hybridized carbons (Fsp3) is 0.735. The highest BCUT2D eigenvalue weighted by molar-refractivity contribution is 6.30. The molecule has 3 saturated carbocycles. The Hall–Kier alpha value is -1.48. The maximum absolute atomic E-state index is 12.6. The van der Waals surface area contributed by atoms with Crippen LogP contribution < -0.4 is 5.32 Å². The number of rotatable bonds is 7. The molecule has 38 heavy (non-hydrogen) atoms. The molecular formula is C34H50ClNO2. The standard InChI is InChI=1S/C34H50ClNO2/c1-22(2)8-6-9-23(3)29-14-15-30-28-13-12-24-20-27(38-32(37)36-26-11-7-10-25(35)21-26)16-18-33(24,4)31(28)17-19-34(29,30)5/h7,10-12,21-23,27-31H,6,8-9,13-20H2,1-5H3,(H,36,37)/t23-,27-,28-,29+,30-,31-,33-,34+/m0/s1. The smallest absolute Gasteiger partial charge is 0.411 e. The minimum Gasteiger partial charge on any atom is -0.446 e. The maximum atomic E-state index is 12.6.